The van der Waals surface area contributed by atoms with Crippen LogP contribution in [-0.4, -0.2) is 29.9 Å². The summed E-state index contributed by atoms with van der Waals surface area (Å²) in [4.78, 5) is 27.7. The highest BCUT2D eigenvalue weighted by molar-refractivity contribution is 7.99. The minimum absolute atomic E-state index is 0.0193. The second-order valence-electron chi connectivity index (χ2n) is 7.92. The molecular formula is C25H26FNO3S2. The maximum absolute atomic E-state index is 13.6. The predicted molar refractivity (Wildman–Crippen MR) is 127 cm³/mol. The van der Waals surface area contributed by atoms with Crippen molar-refractivity contribution in [2.24, 2.45) is 0 Å². The number of Topliss-reactive ketones (excluding diaryl/α,β-unsaturated/α-hetero) is 1. The highest BCUT2D eigenvalue weighted by atomic mass is 32.2. The molecule has 0 amide bonds. The number of hydrogen-bond donors (Lipinski definition) is 1. The first-order valence-electron chi connectivity index (χ1n) is 10.8. The molecule has 0 fully saturated rings. The van der Waals surface area contributed by atoms with Gasteiger partial charge in [0.25, 0.3) is 0 Å². The molecule has 0 bridgehead atoms. The average Bonchev–Trinajstić information content (AvgIpc) is 3.31. The van der Waals surface area contributed by atoms with Crippen molar-refractivity contribution in [1.29, 1.82) is 0 Å². The molecule has 168 valence electrons. The van der Waals surface area contributed by atoms with Crippen LogP contribution in [0.3, 0.4) is 0 Å². The van der Waals surface area contributed by atoms with Gasteiger partial charge in [-0.2, -0.15) is 11.8 Å². The molecule has 32 heavy (non-hydrogen) atoms. The number of carbonyl (C=O) groups is 2. The Labute approximate surface area is 195 Å². The summed E-state index contributed by atoms with van der Waals surface area (Å²) in [7, 11) is 0. The number of ketones is 1. The fourth-order valence-corrected chi connectivity index (χ4v) is 5.76. The van der Waals surface area contributed by atoms with Crippen LogP contribution in [0.2, 0.25) is 0 Å². The van der Waals surface area contributed by atoms with E-state index in [9.17, 15) is 14.0 Å². The van der Waals surface area contributed by atoms with Crippen molar-refractivity contribution in [2.75, 3.05) is 18.1 Å². The zero-order valence-electron chi connectivity index (χ0n) is 18.2. The Kier molecular flexibility index (Phi) is 7.16. The average molecular weight is 472 g/mol. The van der Waals surface area contributed by atoms with Gasteiger partial charge in [0.05, 0.1) is 5.57 Å². The van der Waals surface area contributed by atoms with Crippen molar-refractivity contribution in [2.45, 2.75) is 38.5 Å². The van der Waals surface area contributed by atoms with Gasteiger partial charge in [0, 0.05) is 45.9 Å². The largest absolute Gasteiger partial charge is 0.461 e. The Hall–Kier alpha value is -2.38. The summed E-state index contributed by atoms with van der Waals surface area (Å²) in [6, 6.07) is 10.1. The molecule has 1 aliphatic carbocycles. The van der Waals surface area contributed by atoms with Crippen LogP contribution in [0.5, 0.6) is 0 Å². The summed E-state index contributed by atoms with van der Waals surface area (Å²) in [6.07, 6.45) is 1.10. The minimum Gasteiger partial charge on any atom is -0.461 e. The third kappa shape index (κ3) is 4.69. The van der Waals surface area contributed by atoms with Crippen LogP contribution in [0, 0.1) is 5.82 Å². The fraction of sp³-hybridized carbons (Fsp3) is 0.360. The standard InChI is InChI=1S/C25H26FNO3S2/c1-3-31-12-10-30-25(29)22-15(2)27-19-13-17(21-5-4-11-32-21)14-20(28)24(19)23(22)16-6-8-18(26)9-7-16/h4-9,11,17,23,27H,3,10,12-14H2,1-2H3/t17-,23+/m0/s1. The van der Waals surface area contributed by atoms with E-state index in [4.69, 9.17) is 4.74 Å². The van der Waals surface area contributed by atoms with Crippen molar-refractivity contribution >= 4 is 34.9 Å². The lowest BCUT2D eigenvalue weighted by Gasteiger charge is -2.36. The van der Waals surface area contributed by atoms with Gasteiger partial charge in [-0.3, -0.25) is 4.79 Å². The van der Waals surface area contributed by atoms with E-state index in [0.717, 1.165) is 22.8 Å². The molecule has 0 saturated heterocycles. The SMILES string of the molecule is CCSCCOC(=O)C1=C(C)NC2=C(C(=O)C[C@@H](c3cccs3)C2)[C@@H]1c1ccc(F)cc1. The molecular weight excluding hydrogens is 445 g/mol. The lowest BCUT2D eigenvalue weighted by Crippen LogP contribution is -2.36. The number of rotatable bonds is 7. The van der Waals surface area contributed by atoms with Crippen LogP contribution < -0.4 is 5.32 Å². The number of thiophene rings is 1. The predicted octanol–water partition coefficient (Wildman–Crippen LogP) is 5.55. The molecule has 4 nitrogen and oxygen atoms in total. The number of halogens is 1. The number of ether oxygens (including phenoxy) is 1. The number of thioether (sulfide) groups is 1. The van der Waals surface area contributed by atoms with E-state index >= 15 is 0 Å². The van der Waals surface area contributed by atoms with E-state index in [1.54, 1.807) is 35.2 Å². The zero-order valence-corrected chi connectivity index (χ0v) is 19.8. The van der Waals surface area contributed by atoms with Gasteiger partial charge in [0.1, 0.15) is 12.4 Å². The number of allylic oxidation sites excluding steroid dienone is 3. The first-order valence-corrected chi connectivity index (χ1v) is 12.8. The van der Waals surface area contributed by atoms with E-state index < -0.39 is 11.9 Å². The fourth-order valence-electron chi connectivity index (χ4n) is 4.44. The Balaban J connectivity index is 1.70. The van der Waals surface area contributed by atoms with Gasteiger partial charge in [0.15, 0.2) is 5.78 Å². The molecule has 0 radical (unpaired) electrons. The van der Waals surface area contributed by atoms with Crippen molar-refractivity contribution in [1.82, 2.24) is 5.32 Å². The second kappa shape index (κ2) is 10.0. The molecule has 2 aliphatic rings. The highest BCUT2D eigenvalue weighted by Crippen LogP contribution is 2.46. The first-order chi connectivity index (χ1) is 15.5. The zero-order chi connectivity index (χ0) is 22.7. The van der Waals surface area contributed by atoms with Gasteiger partial charge in [0.2, 0.25) is 0 Å². The van der Waals surface area contributed by atoms with E-state index in [1.807, 2.05) is 18.4 Å². The van der Waals surface area contributed by atoms with Gasteiger partial charge >= 0.3 is 5.97 Å². The smallest absolute Gasteiger partial charge is 0.336 e. The van der Waals surface area contributed by atoms with Gasteiger partial charge in [-0.25, -0.2) is 9.18 Å². The Morgan fingerprint density at radius 1 is 1.25 bits per heavy atom. The van der Waals surface area contributed by atoms with Crippen molar-refractivity contribution in [3.05, 3.63) is 80.6 Å². The summed E-state index contributed by atoms with van der Waals surface area (Å²) in [5.41, 5.74) is 3.29. The van der Waals surface area contributed by atoms with E-state index in [2.05, 4.69) is 18.3 Å². The second-order valence-corrected chi connectivity index (χ2v) is 10.3. The Morgan fingerprint density at radius 3 is 2.72 bits per heavy atom. The molecule has 2 atom stereocenters. The maximum atomic E-state index is 13.6. The Bertz CT molecular complexity index is 1060. The number of nitrogens with one attached hydrogen (secondary N) is 1. The Morgan fingerprint density at radius 2 is 2.03 bits per heavy atom. The molecule has 0 saturated carbocycles. The third-order valence-corrected chi connectivity index (χ3v) is 7.76. The minimum atomic E-state index is -0.560. The normalized spacial score (nSPS) is 20.8. The first kappa shape index (κ1) is 22.8. The van der Waals surface area contributed by atoms with Crippen LogP contribution in [0.4, 0.5) is 4.39 Å². The van der Waals surface area contributed by atoms with Crippen molar-refractivity contribution in [3.63, 3.8) is 0 Å². The molecule has 1 aromatic carbocycles. The van der Waals surface area contributed by atoms with Crippen LogP contribution in [-0.2, 0) is 14.3 Å². The quantitative estimate of drug-likeness (QED) is 0.424. The molecule has 7 heteroatoms. The van der Waals surface area contributed by atoms with Gasteiger partial charge in [-0.15, -0.1) is 11.3 Å². The van der Waals surface area contributed by atoms with Crippen LogP contribution in [0.1, 0.15) is 49.0 Å². The van der Waals surface area contributed by atoms with Crippen LogP contribution in [0.15, 0.2) is 64.3 Å². The lowest BCUT2D eigenvalue weighted by atomic mass is 9.72. The summed E-state index contributed by atoms with van der Waals surface area (Å²) < 4.78 is 19.2. The number of dihydropyridines is 1. The molecule has 0 spiro atoms. The summed E-state index contributed by atoms with van der Waals surface area (Å²) in [5.74, 6) is 0.468. The van der Waals surface area contributed by atoms with E-state index in [0.29, 0.717) is 36.3 Å². The van der Waals surface area contributed by atoms with E-state index in [1.165, 1.54) is 17.0 Å². The monoisotopic (exact) mass is 471 g/mol. The number of benzene rings is 1. The van der Waals surface area contributed by atoms with Crippen LogP contribution >= 0.6 is 23.1 Å². The summed E-state index contributed by atoms with van der Waals surface area (Å²) in [6.45, 7) is 4.21. The molecule has 1 aliphatic heterocycles. The number of esters is 1. The van der Waals surface area contributed by atoms with Crippen molar-refractivity contribution in [3.8, 4) is 0 Å². The highest BCUT2D eigenvalue weighted by Gasteiger charge is 2.41. The molecule has 2 aromatic rings. The van der Waals surface area contributed by atoms with Crippen molar-refractivity contribution < 1.29 is 18.7 Å². The molecule has 1 N–H and O–H groups in total. The maximum Gasteiger partial charge on any atom is 0.336 e. The van der Waals surface area contributed by atoms with Gasteiger partial charge in [-0.05, 0) is 48.2 Å². The molecule has 4 rings (SSSR count). The number of hydrogen-bond acceptors (Lipinski definition) is 6. The summed E-state index contributed by atoms with van der Waals surface area (Å²) >= 11 is 3.36. The molecule has 0 unspecified atom stereocenters. The third-order valence-electron chi connectivity index (χ3n) is 5.86. The van der Waals surface area contributed by atoms with E-state index in [-0.39, 0.29) is 17.5 Å². The van der Waals surface area contributed by atoms with Gasteiger partial charge in [-0.1, -0.05) is 25.1 Å². The summed E-state index contributed by atoms with van der Waals surface area (Å²) in [5, 5.41) is 5.37. The van der Waals surface area contributed by atoms with Crippen LogP contribution in [0.25, 0.3) is 0 Å². The topological polar surface area (TPSA) is 55.4 Å². The lowest BCUT2D eigenvalue weighted by molar-refractivity contribution is -0.138. The number of carbonyl (C=O) groups excluding carboxylic acids is 2. The van der Waals surface area contributed by atoms with Gasteiger partial charge < -0.3 is 10.1 Å². The molecule has 2 heterocycles. The molecule has 1 aromatic heterocycles.